The van der Waals surface area contributed by atoms with Crippen LogP contribution in [-0.4, -0.2) is 75.9 Å². The van der Waals surface area contributed by atoms with Gasteiger partial charge in [-0.25, -0.2) is 13.4 Å². The molecule has 1 amide bonds. The zero-order valence-corrected chi connectivity index (χ0v) is 25.0. The van der Waals surface area contributed by atoms with E-state index in [1.54, 1.807) is 40.6 Å². The standard InChI is InChI=1S/C27H36N4O4S2.ClH/c1-19-15-20(2)18-30(17-19)37(33,34)23-10-7-21(8-11-23)26(32)31(14-6-13-29(3)4)27-28-24-12-9-22(35-5)16-25(24)36-27;/h7-12,16,19-20H,6,13-15,17-18H2,1-5H3;1H. The molecule has 1 aliphatic rings. The molecular formula is C27H37ClN4O4S2. The molecule has 2 atom stereocenters. The molecule has 0 radical (unpaired) electrons. The Morgan fingerprint density at radius 2 is 1.74 bits per heavy atom. The predicted octanol–water partition coefficient (Wildman–Crippen LogP) is 4.99. The molecule has 1 saturated heterocycles. The second kappa shape index (κ2) is 12.7. The number of fused-ring (bicyclic) bond motifs is 1. The summed E-state index contributed by atoms with van der Waals surface area (Å²) in [5.74, 6) is 1.18. The highest BCUT2D eigenvalue weighted by atomic mass is 35.5. The van der Waals surface area contributed by atoms with Gasteiger partial charge in [-0.3, -0.25) is 9.69 Å². The Hall–Kier alpha value is -2.24. The van der Waals surface area contributed by atoms with Crippen molar-refractivity contribution in [2.45, 2.75) is 31.6 Å². The van der Waals surface area contributed by atoms with Crippen molar-refractivity contribution >= 4 is 55.0 Å². The number of piperidine rings is 1. The first kappa shape index (κ1) is 30.3. The maximum Gasteiger partial charge on any atom is 0.260 e. The van der Waals surface area contributed by atoms with Crippen molar-refractivity contribution in [3.05, 3.63) is 48.0 Å². The van der Waals surface area contributed by atoms with E-state index in [2.05, 4.69) is 18.7 Å². The number of amides is 1. The minimum atomic E-state index is -3.61. The summed E-state index contributed by atoms with van der Waals surface area (Å²) in [6.45, 7) is 6.54. The molecule has 0 bridgehead atoms. The Morgan fingerprint density at radius 3 is 2.34 bits per heavy atom. The predicted molar refractivity (Wildman–Crippen MR) is 156 cm³/mol. The molecule has 2 unspecified atom stereocenters. The van der Waals surface area contributed by atoms with Crippen LogP contribution in [0.4, 0.5) is 5.13 Å². The average molecular weight is 581 g/mol. The van der Waals surface area contributed by atoms with E-state index in [9.17, 15) is 13.2 Å². The molecular weight excluding hydrogens is 544 g/mol. The van der Waals surface area contributed by atoms with E-state index < -0.39 is 10.0 Å². The van der Waals surface area contributed by atoms with Gasteiger partial charge in [0.05, 0.1) is 22.2 Å². The van der Waals surface area contributed by atoms with Crippen LogP contribution >= 0.6 is 23.7 Å². The van der Waals surface area contributed by atoms with Gasteiger partial charge in [0.15, 0.2) is 5.13 Å². The Morgan fingerprint density at radius 1 is 1.08 bits per heavy atom. The summed E-state index contributed by atoms with van der Waals surface area (Å²) in [6, 6.07) is 12.0. The molecule has 8 nitrogen and oxygen atoms in total. The number of nitrogens with zero attached hydrogens (tertiary/aromatic N) is 4. The van der Waals surface area contributed by atoms with E-state index in [0.717, 1.165) is 35.4 Å². The van der Waals surface area contributed by atoms with Gasteiger partial charge in [0.2, 0.25) is 10.0 Å². The van der Waals surface area contributed by atoms with E-state index in [1.807, 2.05) is 32.3 Å². The first-order valence-corrected chi connectivity index (χ1v) is 14.9. The van der Waals surface area contributed by atoms with Crippen LogP contribution in [0.1, 0.15) is 37.0 Å². The van der Waals surface area contributed by atoms with Gasteiger partial charge in [-0.1, -0.05) is 25.2 Å². The van der Waals surface area contributed by atoms with Gasteiger partial charge < -0.3 is 9.64 Å². The van der Waals surface area contributed by atoms with E-state index in [1.165, 1.54) is 11.3 Å². The van der Waals surface area contributed by atoms with Crippen molar-refractivity contribution in [2.75, 3.05) is 52.3 Å². The Kier molecular flexibility index (Phi) is 10.2. The van der Waals surface area contributed by atoms with E-state index in [-0.39, 0.29) is 23.2 Å². The van der Waals surface area contributed by atoms with Gasteiger partial charge in [0.25, 0.3) is 5.91 Å². The second-order valence-electron chi connectivity index (χ2n) is 10.2. The fraction of sp³-hybridized carbons (Fsp3) is 0.481. The molecule has 0 spiro atoms. The number of halogens is 1. The Labute approximate surface area is 236 Å². The normalized spacial score (nSPS) is 18.4. The highest BCUT2D eigenvalue weighted by Crippen LogP contribution is 2.33. The molecule has 3 aromatic rings. The fourth-order valence-corrected chi connectivity index (χ4v) is 7.54. The lowest BCUT2D eigenvalue weighted by Gasteiger charge is -2.34. The number of ether oxygens (including phenoxy) is 1. The third-order valence-electron chi connectivity index (χ3n) is 6.62. The van der Waals surface area contributed by atoms with Crippen LogP contribution in [0.2, 0.25) is 0 Å². The van der Waals surface area contributed by atoms with Gasteiger partial charge in [0.1, 0.15) is 5.75 Å². The van der Waals surface area contributed by atoms with Crippen LogP contribution in [0.25, 0.3) is 10.2 Å². The number of rotatable bonds is 9. The number of sulfonamides is 1. The zero-order valence-electron chi connectivity index (χ0n) is 22.6. The largest absolute Gasteiger partial charge is 0.497 e. The number of carbonyl (C=O) groups is 1. The number of anilines is 1. The maximum absolute atomic E-state index is 13.7. The van der Waals surface area contributed by atoms with Crippen molar-refractivity contribution in [3.8, 4) is 5.75 Å². The van der Waals surface area contributed by atoms with Gasteiger partial charge in [0, 0.05) is 25.2 Å². The first-order chi connectivity index (χ1) is 17.6. The minimum absolute atomic E-state index is 0. The van der Waals surface area contributed by atoms with Crippen molar-refractivity contribution < 1.29 is 17.9 Å². The van der Waals surface area contributed by atoms with Crippen LogP contribution < -0.4 is 9.64 Å². The van der Waals surface area contributed by atoms with Gasteiger partial charge in [-0.2, -0.15) is 4.31 Å². The van der Waals surface area contributed by atoms with Gasteiger partial charge in [-0.05, 0) is 87.8 Å². The van der Waals surface area contributed by atoms with Crippen molar-refractivity contribution in [1.82, 2.24) is 14.2 Å². The van der Waals surface area contributed by atoms with Crippen molar-refractivity contribution in [3.63, 3.8) is 0 Å². The van der Waals surface area contributed by atoms with Crippen molar-refractivity contribution in [1.29, 1.82) is 0 Å². The number of benzene rings is 2. The number of methoxy groups -OCH3 is 1. The van der Waals surface area contributed by atoms with Gasteiger partial charge in [-0.15, -0.1) is 12.4 Å². The second-order valence-corrected chi connectivity index (χ2v) is 13.2. The molecule has 1 fully saturated rings. The molecule has 1 aromatic heterocycles. The van der Waals surface area contributed by atoms with Crippen LogP contribution in [0.15, 0.2) is 47.4 Å². The highest BCUT2D eigenvalue weighted by molar-refractivity contribution is 7.89. The average Bonchev–Trinajstić information content (AvgIpc) is 3.28. The summed E-state index contributed by atoms with van der Waals surface area (Å²) in [7, 11) is 2.01. The Balaban J connectivity index is 0.00000400. The number of aromatic nitrogens is 1. The lowest BCUT2D eigenvalue weighted by Crippen LogP contribution is -2.42. The molecule has 0 N–H and O–H groups in total. The van der Waals surface area contributed by atoms with Crippen LogP contribution in [0.3, 0.4) is 0 Å². The highest BCUT2D eigenvalue weighted by Gasteiger charge is 2.32. The Bertz CT molecular complexity index is 1330. The first-order valence-electron chi connectivity index (χ1n) is 12.6. The molecule has 0 aliphatic carbocycles. The molecule has 11 heteroatoms. The van der Waals surface area contributed by atoms with Crippen LogP contribution in [0.5, 0.6) is 5.75 Å². The maximum atomic E-state index is 13.7. The summed E-state index contributed by atoms with van der Waals surface area (Å²) in [4.78, 5) is 22.4. The lowest BCUT2D eigenvalue weighted by atomic mass is 9.94. The monoisotopic (exact) mass is 580 g/mol. The molecule has 208 valence electrons. The number of hydrogen-bond acceptors (Lipinski definition) is 7. The SMILES string of the molecule is COc1ccc2nc(N(CCCN(C)C)C(=O)c3ccc(S(=O)(=O)N4CC(C)CC(C)C4)cc3)sc2c1.Cl. The topological polar surface area (TPSA) is 83.0 Å². The van der Waals surface area contributed by atoms with Crippen molar-refractivity contribution in [2.24, 2.45) is 11.8 Å². The smallest absolute Gasteiger partial charge is 0.260 e. The lowest BCUT2D eigenvalue weighted by molar-refractivity contribution is 0.0986. The molecule has 4 rings (SSSR count). The molecule has 1 aliphatic heterocycles. The van der Waals surface area contributed by atoms with Crippen LogP contribution in [-0.2, 0) is 10.0 Å². The van der Waals surface area contributed by atoms with Crippen LogP contribution in [0, 0.1) is 11.8 Å². The summed E-state index contributed by atoms with van der Waals surface area (Å²) in [6.07, 6.45) is 1.80. The molecule has 2 heterocycles. The third kappa shape index (κ3) is 6.84. The summed E-state index contributed by atoms with van der Waals surface area (Å²) in [5, 5.41) is 0.611. The zero-order chi connectivity index (χ0) is 26.7. The summed E-state index contributed by atoms with van der Waals surface area (Å²) in [5.41, 5.74) is 1.23. The van der Waals surface area contributed by atoms with Gasteiger partial charge >= 0.3 is 0 Å². The van der Waals surface area contributed by atoms with E-state index in [4.69, 9.17) is 9.72 Å². The van der Waals surface area contributed by atoms with E-state index >= 15 is 0 Å². The third-order valence-corrected chi connectivity index (χ3v) is 9.51. The number of carbonyl (C=O) groups excluding carboxylic acids is 1. The number of thiazole rings is 1. The quantitative estimate of drug-likeness (QED) is 0.354. The summed E-state index contributed by atoms with van der Waals surface area (Å²) >= 11 is 1.44. The fourth-order valence-electron chi connectivity index (χ4n) is 4.84. The number of hydrogen-bond donors (Lipinski definition) is 0. The summed E-state index contributed by atoms with van der Waals surface area (Å²) < 4.78 is 34.4. The molecule has 0 saturated carbocycles. The minimum Gasteiger partial charge on any atom is -0.497 e. The molecule has 38 heavy (non-hydrogen) atoms. The van der Waals surface area contributed by atoms with E-state index in [0.29, 0.717) is 42.2 Å². The molecule has 2 aromatic carbocycles.